The average Bonchev–Trinajstić information content (AvgIpc) is 2.92. The Morgan fingerprint density at radius 2 is 2.27 bits per heavy atom. The van der Waals surface area contributed by atoms with Crippen LogP contribution in [0.4, 0.5) is 0 Å². The minimum absolute atomic E-state index is 0.119. The molecule has 1 N–H and O–H groups in total. The van der Waals surface area contributed by atoms with E-state index in [1.165, 1.54) is 7.11 Å². The van der Waals surface area contributed by atoms with Gasteiger partial charge in [0, 0.05) is 18.3 Å². The fourth-order valence-electron chi connectivity index (χ4n) is 1.70. The molecule has 1 heterocycles. The van der Waals surface area contributed by atoms with Crippen LogP contribution >= 0.6 is 11.8 Å². The molecule has 0 bridgehead atoms. The quantitative estimate of drug-likeness (QED) is 0.731. The Kier molecular flexibility index (Phi) is 3.12. The Hall–Kier alpha value is -0.0300. The molecule has 4 heteroatoms. The summed E-state index contributed by atoms with van der Waals surface area (Å²) >= 11 is 1.81. The summed E-state index contributed by atoms with van der Waals surface area (Å²) in [5.41, 5.74) is -0.299. The van der Waals surface area contributed by atoms with Gasteiger partial charge in [0.1, 0.15) is 5.60 Å². The van der Waals surface area contributed by atoms with Crippen molar-refractivity contribution in [1.82, 2.24) is 0 Å². The van der Waals surface area contributed by atoms with Gasteiger partial charge in [0.2, 0.25) is 0 Å². The lowest BCUT2D eigenvalue weighted by atomic mass is 9.95. The van der Waals surface area contributed by atoms with Gasteiger partial charge in [-0.05, 0) is 18.2 Å². The first-order valence-corrected chi connectivity index (χ1v) is 6.29. The van der Waals surface area contributed by atoms with Gasteiger partial charge in [-0.25, -0.2) is 0 Å². The van der Waals surface area contributed by atoms with Crippen LogP contribution in [-0.4, -0.2) is 36.5 Å². The van der Waals surface area contributed by atoms with Crippen LogP contribution in [0.2, 0.25) is 0 Å². The van der Waals surface area contributed by atoms with Crippen LogP contribution in [0.25, 0.3) is 0 Å². The summed E-state index contributed by atoms with van der Waals surface area (Å²) in [6.07, 6.45) is 3.20. The van der Waals surface area contributed by atoms with Gasteiger partial charge in [-0.2, -0.15) is 0 Å². The fraction of sp³-hybridized carbons (Fsp3) is 0.818. The highest BCUT2D eigenvalue weighted by Gasteiger charge is 2.52. The Morgan fingerprint density at radius 3 is 2.73 bits per heavy atom. The zero-order valence-electron chi connectivity index (χ0n) is 9.23. The smallest absolute Gasteiger partial charge is 0.183 e. The van der Waals surface area contributed by atoms with Gasteiger partial charge < -0.3 is 14.6 Å². The van der Waals surface area contributed by atoms with Gasteiger partial charge >= 0.3 is 0 Å². The second kappa shape index (κ2) is 4.09. The highest BCUT2D eigenvalue weighted by atomic mass is 32.2. The van der Waals surface area contributed by atoms with Gasteiger partial charge in [0.25, 0.3) is 0 Å². The number of hydrogen-bond donors (Lipinski definition) is 1. The van der Waals surface area contributed by atoms with Crippen LogP contribution < -0.4 is 0 Å². The zero-order valence-corrected chi connectivity index (χ0v) is 10.0. The molecule has 1 aliphatic heterocycles. The molecule has 0 aromatic carbocycles. The molecule has 2 rings (SSSR count). The second-order valence-corrected chi connectivity index (χ2v) is 5.60. The maximum Gasteiger partial charge on any atom is 0.183 e. The first kappa shape index (κ1) is 11.5. The molecule has 0 aromatic heterocycles. The molecule has 15 heavy (non-hydrogen) atoms. The third-order valence-corrected chi connectivity index (χ3v) is 4.24. The summed E-state index contributed by atoms with van der Waals surface area (Å²) in [5, 5.41) is 11.8. The molecular formula is C11H18O3S. The minimum atomic E-state index is -0.779. The molecule has 0 radical (unpaired) electrons. The van der Waals surface area contributed by atoms with E-state index in [2.05, 4.69) is 18.4 Å². The molecule has 0 spiro atoms. The van der Waals surface area contributed by atoms with Crippen LogP contribution in [0.3, 0.4) is 0 Å². The highest BCUT2D eigenvalue weighted by Crippen LogP contribution is 2.45. The van der Waals surface area contributed by atoms with Crippen molar-refractivity contribution in [1.29, 1.82) is 0 Å². The van der Waals surface area contributed by atoms with E-state index < -0.39 is 11.9 Å². The monoisotopic (exact) mass is 230 g/mol. The van der Waals surface area contributed by atoms with Crippen molar-refractivity contribution in [2.45, 2.75) is 31.7 Å². The summed E-state index contributed by atoms with van der Waals surface area (Å²) in [6, 6.07) is 0. The van der Waals surface area contributed by atoms with Crippen molar-refractivity contribution in [2.24, 2.45) is 5.41 Å². The van der Waals surface area contributed by atoms with Gasteiger partial charge in [0.15, 0.2) is 6.29 Å². The topological polar surface area (TPSA) is 38.7 Å². The van der Waals surface area contributed by atoms with E-state index in [1.807, 2.05) is 11.8 Å². The van der Waals surface area contributed by atoms with Gasteiger partial charge in [-0.1, -0.05) is 13.0 Å². The van der Waals surface area contributed by atoms with Gasteiger partial charge in [-0.15, -0.1) is 11.8 Å². The van der Waals surface area contributed by atoms with Crippen LogP contribution in [0.15, 0.2) is 11.5 Å². The van der Waals surface area contributed by atoms with Crippen molar-refractivity contribution in [3.8, 4) is 0 Å². The lowest BCUT2D eigenvalue weighted by Gasteiger charge is -2.27. The Labute approximate surface area is 94.8 Å². The van der Waals surface area contributed by atoms with Crippen molar-refractivity contribution < 1.29 is 14.6 Å². The molecule has 2 atom stereocenters. The molecule has 1 fully saturated rings. The van der Waals surface area contributed by atoms with Crippen LogP contribution in [0, 0.1) is 5.41 Å². The number of thioether (sulfide) groups is 1. The van der Waals surface area contributed by atoms with Gasteiger partial charge in [0.05, 0.1) is 6.61 Å². The number of aliphatic hydroxyl groups is 1. The van der Waals surface area contributed by atoms with E-state index >= 15 is 0 Å². The molecule has 0 aromatic rings. The summed E-state index contributed by atoms with van der Waals surface area (Å²) in [6.45, 7) is 2.84. The maximum atomic E-state index is 9.64. The minimum Gasteiger partial charge on any atom is -0.369 e. The maximum absolute atomic E-state index is 9.64. The third-order valence-electron chi connectivity index (χ3n) is 3.09. The second-order valence-electron chi connectivity index (χ2n) is 4.71. The average molecular weight is 230 g/mol. The van der Waals surface area contributed by atoms with E-state index in [-0.39, 0.29) is 5.41 Å². The summed E-state index contributed by atoms with van der Waals surface area (Å²) in [4.78, 5) is 0. The molecule has 0 saturated heterocycles. The Morgan fingerprint density at radius 1 is 1.53 bits per heavy atom. The van der Waals surface area contributed by atoms with E-state index in [9.17, 15) is 5.11 Å². The lowest BCUT2D eigenvalue weighted by molar-refractivity contribution is -0.184. The predicted molar refractivity (Wildman–Crippen MR) is 60.6 cm³/mol. The van der Waals surface area contributed by atoms with Crippen LogP contribution in [0.5, 0.6) is 0 Å². The number of aliphatic hydroxyl groups excluding tert-OH is 1. The Balaban J connectivity index is 1.85. The SMILES string of the molecule is COC(O)C1(OCC2(C)C=CSC2)CC1. The van der Waals surface area contributed by atoms with Crippen molar-refractivity contribution >= 4 is 11.8 Å². The lowest BCUT2D eigenvalue weighted by Crippen LogP contribution is -2.36. The van der Waals surface area contributed by atoms with Crippen molar-refractivity contribution in [2.75, 3.05) is 19.5 Å². The molecule has 0 amide bonds. The third kappa shape index (κ3) is 2.38. The summed E-state index contributed by atoms with van der Waals surface area (Å²) in [7, 11) is 1.52. The molecule has 2 aliphatic rings. The number of ether oxygens (including phenoxy) is 2. The zero-order chi connectivity index (χ0) is 10.9. The van der Waals surface area contributed by atoms with E-state index in [4.69, 9.17) is 9.47 Å². The largest absolute Gasteiger partial charge is 0.369 e. The fourth-order valence-corrected chi connectivity index (χ4v) is 2.78. The number of rotatable bonds is 5. The first-order valence-electron chi connectivity index (χ1n) is 5.24. The number of hydrogen-bond acceptors (Lipinski definition) is 4. The Bertz CT molecular complexity index is 263. The van der Waals surface area contributed by atoms with Crippen LogP contribution in [-0.2, 0) is 9.47 Å². The van der Waals surface area contributed by atoms with E-state index in [1.54, 1.807) is 0 Å². The standard InChI is InChI=1S/C11H18O3S/c1-10(5-6-15-8-10)7-14-11(3-4-11)9(12)13-2/h5-6,9,12H,3-4,7-8H2,1-2H3. The molecule has 3 nitrogen and oxygen atoms in total. The summed E-state index contributed by atoms with van der Waals surface area (Å²) < 4.78 is 10.8. The first-order chi connectivity index (χ1) is 7.10. The summed E-state index contributed by atoms with van der Waals surface area (Å²) in [5.74, 6) is 1.06. The van der Waals surface area contributed by atoms with Gasteiger partial charge in [-0.3, -0.25) is 0 Å². The molecular weight excluding hydrogens is 212 g/mol. The molecule has 1 saturated carbocycles. The predicted octanol–water partition coefficient (Wildman–Crippen LogP) is 1.77. The number of methoxy groups -OCH3 is 1. The molecule has 86 valence electrons. The van der Waals surface area contributed by atoms with Crippen LogP contribution in [0.1, 0.15) is 19.8 Å². The highest BCUT2D eigenvalue weighted by molar-refractivity contribution is 8.02. The normalized spacial score (nSPS) is 34.3. The van der Waals surface area contributed by atoms with E-state index in [0.717, 1.165) is 18.6 Å². The van der Waals surface area contributed by atoms with E-state index in [0.29, 0.717) is 6.61 Å². The molecule has 1 aliphatic carbocycles. The molecule has 2 unspecified atom stereocenters. The van der Waals surface area contributed by atoms with Crippen molar-refractivity contribution in [3.05, 3.63) is 11.5 Å². The van der Waals surface area contributed by atoms with Crippen molar-refractivity contribution in [3.63, 3.8) is 0 Å².